The first-order valence-electron chi connectivity index (χ1n) is 7.33. The van der Waals surface area contributed by atoms with Gasteiger partial charge in [-0.15, -0.1) is 0 Å². The van der Waals surface area contributed by atoms with Gasteiger partial charge in [-0.05, 0) is 44.2 Å². The Kier molecular flexibility index (Phi) is 3.55. The number of fused-ring (bicyclic) bond motifs is 1. The van der Waals surface area contributed by atoms with Gasteiger partial charge in [-0.1, -0.05) is 25.1 Å². The Morgan fingerprint density at radius 1 is 1.33 bits per heavy atom. The average molecular weight is 245 g/mol. The van der Waals surface area contributed by atoms with Crippen LogP contribution in [-0.2, 0) is 0 Å². The van der Waals surface area contributed by atoms with Gasteiger partial charge in [-0.3, -0.25) is 0 Å². The zero-order valence-corrected chi connectivity index (χ0v) is 11.2. The lowest BCUT2D eigenvalue weighted by Gasteiger charge is -2.19. The molecule has 0 amide bonds. The predicted molar refractivity (Wildman–Crippen MR) is 74.1 cm³/mol. The molecule has 2 aliphatic rings. The van der Waals surface area contributed by atoms with Crippen LogP contribution in [0.2, 0.25) is 0 Å². The van der Waals surface area contributed by atoms with Crippen LogP contribution in [0.25, 0.3) is 0 Å². The minimum Gasteiger partial charge on any atom is -0.493 e. The van der Waals surface area contributed by atoms with Gasteiger partial charge in [0.05, 0.1) is 6.61 Å². The summed E-state index contributed by atoms with van der Waals surface area (Å²) >= 11 is 0. The standard InChI is InChI=1S/C16H23NO/c1-2-17-15(12-7-8-12)10-9-13-11-18-16-6-4-3-5-14(13)16/h3-6,12-13,15,17H,2,7-11H2,1H3. The molecular weight excluding hydrogens is 222 g/mol. The van der Waals surface area contributed by atoms with Crippen LogP contribution in [-0.4, -0.2) is 19.2 Å². The Hall–Kier alpha value is -1.02. The van der Waals surface area contributed by atoms with Gasteiger partial charge in [0.2, 0.25) is 0 Å². The van der Waals surface area contributed by atoms with Crippen molar-refractivity contribution in [2.24, 2.45) is 5.92 Å². The van der Waals surface area contributed by atoms with E-state index in [1.165, 1.54) is 31.2 Å². The molecule has 1 saturated carbocycles. The summed E-state index contributed by atoms with van der Waals surface area (Å²) in [5.41, 5.74) is 1.42. The summed E-state index contributed by atoms with van der Waals surface area (Å²) in [5, 5.41) is 3.65. The summed E-state index contributed by atoms with van der Waals surface area (Å²) in [6, 6.07) is 9.25. The van der Waals surface area contributed by atoms with Crippen LogP contribution in [0.15, 0.2) is 24.3 Å². The Morgan fingerprint density at radius 2 is 2.17 bits per heavy atom. The molecule has 1 aromatic carbocycles. The molecule has 0 saturated heterocycles. The van der Waals surface area contributed by atoms with Gasteiger partial charge in [0.15, 0.2) is 0 Å². The highest BCUT2D eigenvalue weighted by Crippen LogP contribution is 2.39. The smallest absolute Gasteiger partial charge is 0.122 e. The van der Waals surface area contributed by atoms with E-state index in [2.05, 4.69) is 36.5 Å². The highest BCUT2D eigenvalue weighted by Gasteiger charge is 2.32. The summed E-state index contributed by atoms with van der Waals surface area (Å²) in [6.07, 6.45) is 5.40. The molecule has 2 unspecified atom stereocenters. The molecule has 3 rings (SSSR count). The number of hydrogen-bond acceptors (Lipinski definition) is 2. The van der Waals surface area contributed by atoms with Gasteiger partial charge in [0.1, 0.15) is 5.75 Å². The largest absolute Gasteiger partial charge is 0.493 e. The van der Waals surface area contributed by atoms with E-state index in [0.717, 1.165) is 30.9 Å². The molecule has 0 bridgehead atoms. The zero-order chi connectivity index (χ0) is 12.4. The van der Waals surface area contributed by atoms with Crippen LogP contribution in [0, 0.1) is 5.92 Å². The van der Waals surface area contributed by atoms with Gasteiger partial charge in [-0.2, -0.15) is 0 Å². The lowest BCUT2D eigenvalue weighted by atomic mass is 9.93. The minimum absolute atomic E-state index is 0.612. The highest BCUT2D eigenvalue weighted by molar-refractivity contribution is 5.39. The molecule has 98 valence electrons. The molecule has 1 fully saturated rings. The number of benzene rings is 1. The van der Waals surface area contributed by atoms with Crippen molar-refractivity contribution in [3.63, 3.8) is 0 Å². The van der Waals surface area contributed by atoms with Crippen molar-refractivity contribution in [1.29, 1.82) is 0 Å². The van der Waals surface area contributed by atoms with Crippen molar-refractivity contribution in [3.8, 4) is 5.75 Å². The molecule has 0 radical (unpaired) electrons. The van der Waals surface area contributed by atoms with Crippen molar-refractivity contribution >= 4 is 0 Å². The molecule has 2 nitrogen and oxygen atoms in total. The number of rotatable bonds is 6. The summed E-state index contributed by atoms with van der Waals surface area (Å²) in [7, 11) is 0. The molecule has 1 aromatic rings. The molecule has 18 heavy (non-hydrogen) atoms. The molecule has 2 heteroatoms. The van der Waals surface area contributed by atoms with E-state index in [4.69, 9.17) is 4.74 Å². The fourth-order valence-corrected chi connectivity index (χ4v) is 3.11. The van der Waals surface area contributed by atoms with E-state index in [1.807, 2.05) is 0 Å². The first-order valence-corrected chi connectivity index (χ1v) is 7.33. The SMILES string of the molecule is CCNC(CCC1COc2ccccc21)C1CC1. The molecule has 1 aliphatic carbocycles. The maximum Gasteiger partial charge on any atom is 0.122 e. The van der Waals surface area contributed by atoms with E-state index in [9.17, 15) is 0 Å². The molecule has 0 aromatic heterocycles. The molecule has 0 spiro atoms. The first kappa shape index (κ1) is 12.0. The number of nitrogens with one attached hydrogen (secondary N) is 1. The fourth-order valence-electron chi connectivity index (χ4n) is 3.11. The molecule has 1 aliphatic heterocycles. The third-order valence-electron chi connectivity index (χ3n) is 4.28. The molecular formula is C16H23NO. The second-order valence-electron chi connectivity index (χ2n) is 5.62. The van der Waals surface area contributed by atoms with E-state index < -0.39 is 0 Å². The Bertz CT molecular complexity index is 400. The number of para-hydroxylation sites is 1. The zero-order valence-electron chi connectivity index (χ0n) is 11.2. The van der Waals surface area contributed by atoms with E-state index in [0.29, 0.717) is 5.92 Å². The average Bonchev–Trinajstić information content (AvgIpc) is 3.16. The van der Waals surface area contributed by atoms with E-state index in [-0.39, 0.29) is 0 Å². The van der Waals surface area contributed by atoms with Crippen molar-refractivity contribution in [3.05, 3.63) is 29.8 Å². The summed E-state index contributed by atoms with van der Waals surface area (Å²) in [4.78, 5) is 0. The quantitative estimate of drug-likeness (QED) is 0.830. The van der Waals surface area contributed by atoms with Crippen LogP contribution in [0.3, 0.4) is 0 Å². The lowest BCUT2D eigenvalue weighted by Crippen LogP contribution is -2.31. The van der Waals surface area contributed by atoms with Gasteiger partial charge in [-0.25, -0.2) is 0 Å². The van der Waals surface area contributed by atoms with Crippen LogP contribution in [0.1, 0.15) is 44.1 Å². The first-order chi connectivity index (χ1) is 8.88. The van der Waals surface area contributed by atoms with E-state index in [1.54, 1.807) is 0 Å². The lowest BCUT2D eigenvalue weighted by molar-refractivity contribution is 0.313. The minimum atomic E-state index is 0.612. The topological polar surface area (TPSA) is 21.3 Å². The monoisotopic (exact) mass is 245 g/mol. The molecule has 1 heterocycles. The van der Waals surface area contributed by atoms with E-state index >= 15 is 0 Å². The van der Waals surface area contributed by atoms with Crippen LogP contribution < -0.4 is 10.1 Å². The Balaban J connectivity index is 1.57. The molecule has 2 atom stereocenters. The second kappa shape index (κ2) is 5.31. The van der Waals surface area contributed by atoms with Crippen LogP contribution in [0.5, 0.6) is 5.75 Å². The van der Waals surface area contributed by atoms with Crippen LogP contribution >= 0.6 is 0 Å². The van der Waals surface area contributed by atoms with Gasteiger partial charge in [0, 0.05) is 17.5 Å². The van der Waals surface area contributed by atoms with Crippen molar-refractivity contribution in [2.75, 3.05) is 13.2 Å². The van der Waals surface area contributed by atoms with Gasteiger partial charge < -0.3 is 10.1 Å². The summed E-state index contributed by atoms with van der Waals surface area (Å²) < 4.78 is 5.76. The maximum absolute atomic E-state index is 5.76. The summed E-state index contributed by atoms with van der Waals surface area (Å²) in [5.74, 6) is 2.66. The third-order valence-corrected chi connectivity index (χ3v) is 4.28. The normalized spacial score (nSPS) is 23.5. The van der Waals surface area contributed by atoms with Gasteiger partial charge in [0.25, 0.3) is 0 Å². The highest BCUT2D eigenvalue weighted by atomic mass is 16.5. The van der Waals surface area contributed by atoms with Crippen LogP contribution in [0.4, 0.5) is 0 Å². The van der Waals surface area contributed by atoms with Crippen molar-refractivity contribution < 1.29 is 4.74 Å². The maximum atomic E-state index is 5.76. The molecule has 1 N–H and O–H groups in total. The van der Waals surface area contributed by atoms with Crippen molar-refractivity contribution in [1.82, 2.24) is 5.32 Å². The second-order valence-corrected chi connectivity index (χ2v) is 5.62. The summed E-state index contributed by atoms with van der Waals surface area (Å²) in [6.45, 7) is 4.19. The Morgan fingerprint density at radius 3 is 2.94 bits per heavy atom. The fraction of sp³-hybridized carbons (Fsp3) is 0.625. The third kappa shape index (κ3) is 2.54. The number of ether oxygens (including phenoxy) is 1. The number of hydrogen-bond donors (Lipinski definition) is 1. The predicted octanol–water partition coefficient (Wildman–Crippen LogP) is 3.33. The Labute approximate surface area is 110 Å². The van der Waals surface area contributed by atoms with Gasteiger partial charge >= 0.3 is 0 Å². The van der Waals surface area contributed by atoms with Crippen molar-refractivity contribution in [2.45, 2.75) is 44.6 Å².